The summed E-state index contributed by atoms with van der Waals surface area (Å²) in [5.74, 6) is 0.749. The molecule has 1 aromatic heterocycles. The Kier molecular flexibility index (Phi) is 4.16. The van der Waals surface area contributed by atoms with Crippen molar-refractivity contribution in [2.45, 2.75) is 13.3 Å². The van der Waals surface area contributed by atoms with Gasteiger partial charge in [-0.05, 0) is 24.6 Å². The van der Waals surface area contributed by atoms with E-state index in [1.165, 1.54) is 17.8 Å². The molecule has 102 valence electrons. The first kappa shape index (κ1) is 13.8. The van der Waals surface area contributed by atoms with Gasteiger partial charge in [0.15, 0.2) is 0 Å². The lowest BCUT2D eigenvalue weighted by atomic mass is 10.1. The smallest absolute Gasteiger partial charge is 0.284 e. The predicted molar refractivity (Wildman–Crippen MR) is 75.4 cm³/mol. The second kappa shape index (κ2) is 6.02. The maximum Gasteiger partial charge on any atom is 0.284 e. The summed E-state index contributed by atoms with van der Waals surface area (Å²) in [5.41, 5.74) is 1.07. The summed E-state index contributed by atoms with van der Waals surface area (Å²) in [6, 6.07) is 10.8. The van der Waals surface area contributed by atoms with Crippen LogP contribution < -0.4 is 10.3 Å². The van der Waals surface area contributed by atoms with E-state index >= 15 is 0 Å². The number of nitriles is 1. The van der Waals surface area contributed by atoms with E-state index in [9.17, 15) is 4.79 Å². The van der Waals surface area contributed by atoms with Crippen LogP contribution in [0.2, 0.25) is 0 Å². The summed E-state index contributed by atoms with van der Waals surface area (Å²) >= 11 is 0. The minimum Gasteiger partial charge on any atom is -0.494 e. The van der Waals surface area contributed by atoms with Crippen LogP contribution in [0.15, 0.2) is 35.1 Å². The highest BCUT2D eigenvalue weighted by Gasteiger charge is 2.08. The molecule has 1 heterocycles. The Labute approximate surface area is 117 Å². The first-order valence-corrected chi connectivity index (χ1v) is 6.37. The zero-order chi connectivity index (χ0) is 14.5. The third-order valence-electron chi connectivity index (χ3n) is 2.79. The van der Waals surface area contributed by atoms with Gasteiger partial charge in [0.25, 0.3) is 5.56 Å². The molecule has 0 saturated carbocycles. The quantitative estimate of drug-likeness (QED) is 0.852. The van der Waals surface area contributed by atoms with Gasteiger partial charge in [-0.1, -0.05) is 19.1 Å². The molecule has 0 aliphatic carbocycles. The third-order valence-corrected chi connectivity index (χ3v) is 2.79. The van der Waals surface area contributed by atoms with Gasteiger partial charge < -0.3 is 4.74 Å². The van der Waals surface area contributed by atoms with Gasteiger partial charge in [0.2, 0.25) is 0 Å². The minimum absolute atomic E-state index is 0.0809. The van der Waals surface area contributed by atoms with Gasteiger partial charge in [-0.2, -0.15) is 10.4 Å². The van der Waals surface area contributed by atoms with Crippen molar-refractivity contribution in [3.8, 4) is 23.1 Å². The highest BCUT2D eigenvalue weighted by atomic mass is 16.5. The standard InChI is InChI=1S/C15H15N3O2/c1-3-7-20-13-6-4-5-11(8-13)14-9-12(10-16)15(19)18(2)17-14/h4-6,8-9H,3,7H2,1-2H3. The maximum atomic E-state index is 11.6. The summed E-state index contributed by atoms with van der Waals surface area (Å²) < 4.78 is 6.74. The van der Waals surface area contributed by atoms with Gasteiger partial charge in [-0.15, -0.1) is 0 Å². The van der Waals surface area contributed by atoms with E-state index in [2.05, 4.69) is 5.10 Å². The van der Waals surface area contributed by atoms with Crippen molar-refractivity contribution < 1.29 is 4.74 Å². The Bertz CT molecular complexity index is 714. The Morgan fingerprint density at radius 1 is 1.40 bits per heavy atom. The molecule has 0 aliphatic heterocycles. The van der Waals surface area contributed by atoms with Crippen LogP contribution in [-0.2, 0) is 7.05 Å². The van der Waals surface area contributed by atoms with Crippen molar-refractivity contribution in [1.82, 2.24) is 9.78 Å². The first-order chi connectivity index (χ1) is 9.65. The van der Waals surface area contributed by atoms with Crippen molar-refractivity contribution in [2.75, 3.05) is 6.61 Å². The van der Waals surface area contributed by atoms with Crippen LogP contribution in [0.4, 0.5) is 0 Å². The molecule has 5 nitrogen and oxygen atoms in total. The fraction of sp³-hybridized carbons (Fsp3) is 0.267. The van der Waals surface area contributed by atoms with Crippen LogP contribution in [-0.4, -0.2) is 16.4 Å². The lowest BCUT2D eigenvalue weighted by Gasteiger charge is -2.07. The third kappa shape index (κ3) is 2.86. The summed E-state index contributed by atoms with van der Waals surface area (Å²) in [4.78, 5) is 11.6. The van der Waals surface area contributed by atoms with Crippen molar-refractivity contribution in [1.29, 1.82) is 5.26 Å². The zero-order valence-electron chi connectivity index (χ0n) is 11.5. The van der Waals surface area contributed by atoms with Gasteiger partial charge >= 0.3 is 0 Å². The van der Waals surface area contributed by atoms with Crippen LogP contribution >= 0.6 is 0 Å². The van der Waals surface area contributed by atoms with Crippen LogP contribution in [0.25, 0.3) is 11.3 Å². The number of rotatable bonds is 4. The number of aryl methyl sites for hydroxylation is 1. The summed E-state index contributed by atoms with van der Waals surface area (Å²) in [6.45, 7) is 2.69. The average Bonchev–Trinajstić information content (AvgIpc) is 2.48. The van der Waals surface area contributed by atoms with E-state index in [-0.39, 0.29) is 5.56 Å². The van der Waals surface area contributed by atoms with Gasteiger partial charge in [-0.25, -0.2) is 4.68 Å². The van der Waals surface area contributed by atoms with Crippen LogP contribution in [0, 0.1) is 11.3 Å². The van der Waals surface area contributed by atoms with Crippen LogP contribution in [0.5, 0.6) is 5.75 Å². The summed E-state index contributed by atoms with van der Waals surface area (Å²) in [5, 5.41) is 13.1. The SMILES string of the molecule is CCCOc1cccc(-c2cc(C#N)c(=O)n(C)n2)c1. The summed E-state index contributed by atoms with van der Waals surface area (Å²) in [6.07, 6.45) is 0.931. The predicted octanol–water partition coefficient (Wildman–Crippen LogP) is 2.11. The normalized spacial score (nSPS) is 10.1. The molecule has 0 bridgehead atoms. The molecule has 2 aromatic rings. The Morgan fingerprint density at radius 3 is 2.90 bits per heavy atom. The van der Waals surface area contributed by atoms with Crippen molar-refractivity contribution in [3.63, 3.8) is 0 Å². The van der Waals surface area contributed by atoms with Gasteiger partial charge in [0.1, 0.15) is 17.4 Å². The molecule has 0 spiro atoms. The molecule has 0 N–H and O–H groups in total. The number of benzene rings is 1. The molecule has 0 fully saturated rings. The molecule has 5 heteroatoms. The maximum absolute atomic E-state index is 11.6. The molecule has 0 radical (unpaired) electrons. The largest absolute Gasteiger partial charge is 0.494 e. The molecule has 20 heavy (non-hydrogen) atoms. The lowest BCUT2D eigenvalue weighted by Crippen LogP contribution is -2.22. The molecule has 2 rings (SSSR count). The van der Waals surface area contributed by atoms with Crippen molar-refractivity contribution in [3.05, 3.63) is 46.2 Å². The number of hydrogen-bond acceptors (Lipinski definition) is 4. The Morgan fingerprint density at radius 2 is 2.20 bits per heavy atom. The first-order valence-electron chi connectivity index (χ1n) is 6.37. The minimum atomic E-state index is -0.394. The van der Waals surface area contributed by atoms with E-state index in [0.29, 0.717) is 12.3 Å². The molecule has 0 unspecified atom stereocenters. The molecule has 1 aromatic carbocycles. The van der Waals surface area contributed by atoms with E-state index < -0.39 is 5.56 Å². The van der Waals surface area contributed by atoms with Gasteiger partial charge in [0.05, 0.1) is 12.3 Å². The Hall–Kier alpha value is -2.61. The highest BCUT2D eigenvalue weighted by Crippen LogP contribution is 2.22. The van der Waals surface area contributed by atoms with Crippen molar-refractivity contribution in [2.24, 2.45) is 7.05 Å². The average molecular weight is 269 g/mol. The van der Waals surface area contributed by atoms with E-state index in [4.69, 9.17) is 10.00 Å². The molecule has 0 amide bonds. The Balaban J connectivity index is 2.44. The summed E-state index contributed by atoms with van der Waals surface area (Å²) in [7, 11) is 1.53. The highest BCUT2D eigenvalue weighted by molar-refractivity contribution is 5.62. The monoisotopic (exact) mass is 269 g/mol. The fourth-order valence-corrected chi connectivity index (χ4v) is 1.79. The topological polar surface area (TPSA) is 67.9 Å². The van der Waals surface area contributed by atoms with E-state index in [1.807, 2.05) is 37.3 Å². The molecule has 0 saturated heterocycles. The van der Waals surface area contributed by atoms with Crippen molar-refractivity contribution >= 4 is 0 Å². The number of nitrogens with zero attached hydrogens (tertiary/aromatic N) is 3. The zero-order valence-corrected chi connectivity index (χ0v) is 11.5. The molecule has 0 atom stereocenters. The van der Waals surface area contributed by atoms with Gasteiger partial charge in [-0.3, -0.25) is 4.79 Å². The number of hydrogen-bond donors (Lipinski definition) is 0. The molecular weight excluding hydrogens is 254 g/mol. The second-order valence-electron chi connectivity index (χ2n) is 4.36. The van der Waals surface area contributed by atoms with E-state index in [0.717, 1.165) is 17.7 Å². The van der Waals surface area contributed by atoms with Crippen LogP contribution in [0.3, 0.4) is 0 Å². The second-order valence-corrected chi connectivity index (χ2v) is 4.36. The van der Waals surface area contributed by atoms with Gasteiger partial charge in [0, 0.05) is 12.6 Å². The van der Waals surface area contributed by atoms with E-state index in [1.54, 1.807) is 0 Å². The number of ether oxygens (including phenoxy) is 1. The number of aromatic nitrogens is 2. The molecular formula is C15H15N3O2. The lowest BCUT2D eigenvalue weighted by molar-refractivity contribution is 0.317. The molecule has 0 aliphatic rings. The van der Waals surface area contributed by atoms with Crippen LogP contribution in [0.1, 0.15) is 18.9 Å². The fourth-order valence-electron chi connectivity index (χ4n) is 1.79.